The highest BCUT2D eigenvalue weighted by molar-refractivity contribution is 6.30. The predicted molar refractivity (Wildman–Crippen MR) is 89.3 cm³/mol. The van der Waals surface area contributed by atoms with E-state index in [4.69, 9.17) is 11.6 Å². The molecule has 2 heterocycles. The van der Waals surface area contributed by atoms with Crippen LogP contribution in [-0.2, 0) is 11.3 Å². The van der Waals surface area contributed by atoms with Crippen LogP contribution in [0.2, 0.25) is 5.02 Å². The molecule has 1 amide bonds. The van der Waals surface area contributed by atoms with E-state index in [0.29, 0.717) is 11.8 Å². The van der Waals surface area contributed by atoms with E-state index in [1.165, 1.54) is 5.56 Å². The van der Waals surface area contributed by atoms with Gasteiger partial charge in [-0.15, -0.1) is 0 Å². The third-order valence-corrected chi connectivity index (χ3v) is 5.38. The van der Waals surface area contributed by atoms with Gasteiger partial charge in [-0.1, -0.05) is 23.7 Å². The van der Waals surface area contributed by atoms with E-state index in [2.05, 4.69) is 16.0 Å². The van der Waals surface area contributed by atoms with Gasteiger partial charge in [-0.25, -0.2) is 4.98 Å². The van der Waals surface area contributed by atoms with Gasteiger partial charge < -0.3 is 9.47 Å². The topological polar surface area (TPSA) is 38.1 Å². The number of likely N-dealkylation sites (tertiary alicyclic amines) is 1. The fourth-order valence-corrected chi connectivity index (χ4v) is 3.83. The number of imidazole rings is 1. The van der Waals surface area contributed by atoms with E-state index in [0.717, 1.165) is 43.9 Å². The average Bonchev–Trinajstić information content (AvgIpc) is 2.97. The number of rotatable bonds is 4. The van der Waals surface area contributed by atoms with Crippen molar-refractivity contribution in [3.05, 3.63) is 53.6 Å². The molecule has 2 fully saturated rings. The number of halogens is 1. The summed E-state index contributed by atoms with van der Waals surface area (Å²) < 4.78 is 2.02. The first-order chi connectivity index (χ1) is 11.2. The lowest BCUT2D eigenvalue weighted by Gasteiger charge is -2.23. The number of nitrogens with zero attached hydrogens (tertiary/aromatic N) is 3. The van der Waals surface area contributed by atoms with E-state index in [9.17, 15) is 4.79 Å². The molecule has 1 saturated heterocycles. The van der Waals surface area contributed by atoms with Gasteiger partial charge in [-0.2, -0.15) is 0 Å². The summed E-state index contributed by atoms with van der Waals surface area (Å²) >= 11 is 6.10. The van der Waals surface area contributed by atoms with Gasteiger partial charge in [0, 0.05) is 43.0 Å². The Morgan fingerprint density at radius 2 is 2.26 bits per heavy atom. The molecule has 5 heteroatoms. The maximum Gasteiger partial charge on any atom is 0.230 e. The summed E-state index contributed by atoms with van der Waals surface area (Å²) in [5.74, 6) is 0.720. The molecular formula is C18H20ClN3O. The van der Waals surface area contributed by atoms with Gasteiger partial charge in [0.1, 0.15) is 0 Å². The molecule has 1 aliphatic heterocycles. The second-order valence-electron chi connectivity index (χ2n) is 6.81. The molecule has 23 heavy (non-hydrogen) atoms. The number of aromatic nitrogens is 2. The number of benzene rings is 1. The van der Waals surface area contributed by atoms with Crippen LogP contribution in [0.15, 0.2) is 43.0 Å². The number of hydrogen-bond acceptors (Lipinski definition) is 2. The fourth-order valence-electron chi connectivity index (χ4n) is 3.63. The molecular weight excluding hydrogens is 310 g/mol. The predicted octanol–water partition coefficient (Wildman–Crippen LogP) is 3.33. The minimum Gasteiger partial charge on any atom is -0.342 e. The smallest absolute Gasteiger partial charge is 0.230 e. The summed E-state index contributed by atoms with van der Waals surface area (Å²) in [4.78, 5) is 19.1. The summed E-state index contributed by atoms with van der Waals surface area (Å²) in [7, 11) is 0. The molecule has 0 bridgehead atoms. The van der Waals surface area contributed by atoms with Crippen molar-refractivity contribution in [1.82, 2.24) is 14.5 Å². The van der Waals surface area contributed by atoms with Gasteiger partial charge in [0.25, 0.3) is 0 Å². The molecule has 1 aliphatic carbocycles. The van der Waals surface area contributed by atoms with Gasteiger partial charge in [0.15, 0.2) is 0 Å². The highest BCUT2D eigenvalue weighted by atomic mass is 35.5. The molecule has 4 nitrogen and oxygen atoms in total. The van der Waals surface area contributed by atoms with E-state index in [-0.39, 0.29) is 5.41 Å². The van der Waals surface area contributed by atoms with Crippen LogP contribution in [-0.4, -0.2) is 33.4 Å². The molecule has 0 radical (unpaired) electrons. The molecule has 120 valence electrons. The van der Waals surface area contributed by atoms with Crippen LogP contribution in [0.5, 0.6) is 0 Å². The second kappa shape index (κ2) is 5.68. The Morgan fingerprint density at radius 1 is 1.39 bits per heavy atom. The fraction of sp³-hybridized carbons (Fsp3) is 0.444. The summed E-state index contributed by atoms with van der Waals surface area (Å²) in [5.41, 5.74) is 1.05. The van der Waals surface area contributed by atoms with Crippen LogP contribution in [0, 0.1) is 5.41 Å². The van der Waals surface area contributed by atoms with Crippen LogP contribution in [0.4, 0.5) is 0 Å². The van der Waals surface area contributed by atoms with Crippen molar-refractivity contribution in [3.63, 3.8) is 0 Å². The monoisotopic (exact) mass is 329 g/mol. The first-order valence-corrected chi connectivity index (χ1v) is 8.55. The van der Waals surface area contributed by atoms with Gasteiger partial charge in [0.2, 0.25) is 5.91 Å². The van der Waals surface area contributed by atoms with E-state index in [1.54, 1.807) is 12.5 Å². The molecule has 1 saturated carbocycles. The van der Waals surface area contributed by atoms with Crippen molar-refractivity contribution < 1.29 is 4.79 Å². The van der Waals surface area contributed by atoms with Crippen molar-refractivity contribution in [1.29, 1.82) is 0 Å². The maximum atomic E-state index is 13.0. The van der Waals surface area contributed by atoms with Gasteiger partial charge in [-0.3, -0.25) is 4.79 Å². The van der Waals surface area contributed by atoms with Crippen LogP contribution in [0.25, 0.3) is 0 Å². The van der Waals surface area contributed by atoms with E-state index >= 15 is 0 Å². The molecule has 1 aromatic carbocycles. The Balaban J connectivity index is 1.44. The summed E-state index contributed by atoms with van der Waals surface area (Å²) in [6, 6.07) is 8.03. The molecule has 0 spiro atoms. The van der Waals surface area contributed by atoms with Crippen LogP contribution in [0.3, 0.4) is 0 Å². The number of carbonyl (C=O) groups is 1. The lowest BCUT2D eigenvalue weighted by Crippen LogP contribution is -2.37. The zero-order valence-electron chi connectivity index (χ0n) is 13.0. The molecule has 1 aromatic heterocycles. The van der Waals surface area contributed by atoms with Crippen molar-refractivity contribution in [2.75, 3.05) is 13.1 Å². The van der Waals surface area contributed by atoms with Crippen LogP contribution < -0.4 is 0 Å². The Labute approximate surface area is 141 Å². The first kappa shape index (κ1) is 14.8. The lowest BCUT2D eigenvalue weighted by atomic mass is 9.98. The number of amides is 1. The SMILES string of the molecule is O=C(N1CCC(c2cccc(Cl)c2)C1)C1(Cn2ccnc2)CC1. The quantitative estimate of drug-likeness (QED) is 0.863. The van der Waals surface area contributed by atoms with Gasteiger partial charge >= 0.3 is 0 Å². The van der Waals surface area contributed by atoms with E-state index in [1.807, 2.05) is 29.0 Å². The highest BCUT2D eigenvalue weighted by Crippen LogP contribution is 2.49. The Kier molecular flexibility index (Phi) is 3.64. The largest absolute Gasteiger partial charge is 0.342 e. The molecule has 1 unspecified atom stereocenters. The standard InChI is InChI=1S/C18H20ClN3O/c19-16-3-1-2-14(10-16)15-4-8-22(11-15)17(23)18(5-6-18)12-21-9-7-20-13-21/h1-3,7,9-10,13,15H,4-6,8,11-12H2. The Morgan fingerprint density at radius 3 is 2.96 bits per heavy atom. The normalized spacial score (nSPS) is 22.3. The van der Waals surface area contributed by atoms with Crippen molar-refractivity contribution in [2.24, 2.45) is 5.41 Å². The zero-order valence-corrected chi connectivity index (χ0v) is 13.7. The first-order valence-electron chi connectivity index (χ1n) is 8.17. The Bertz CT molecular complexity index is 709. The highest BCUT2D eigenvalue weighted by Gasteiger charge is 2.52. The molecule has 1 atom stereocenters. The molecule has 2 aromatic rings. The third-order valence-electron chi connectivity index (χ3n) is 5.15. The van der Waals surface area contributed by atoms with Crippen molar-refractivity contribution in [3.8, 4) is 0 Å². The molecule has 0 N–H and O–H groups in total. The molecule has 4 rings (SSSR count). The minimum atomic E-state index is -0.191. The second-order valence-corrected chi connectivity index (χ2v) is 7.24. The van der Waals surface area contributed by atoms with Gasteiger partial charge in [-0.05, 0) is 37.0 Å². The number of carbonyl (C=O) groups excluding carboxylic acids is 1. The zero-order chi connectivity index (χ0) is 15.9. The third kappa shape index (κ3) is 2.88. The lowest BCUT2D eigenvalue weighted by molar-refractivity contribution is -0.136. The summed E-state index contributed by atoms with van der Waals surface area (Å²) in [6.45, 7) is 2.41. The van der Waals surface area contributed by atoms with Crippen molar-refractivity contribution >= 4 is 17.5 Å². The van der Waals surface area contributed by atoms with Gasteiger partial charge in [0.05, 0.1) is 11.7 Å². The van der Waals surface area contributed by atoms with Crippen LogP contribution >= 0.6 is 11.6 Å². The van der Waals surface area contributed by atoms with Crippen LogP contribution in [0.1, 0.15) is 30.7 Å². The maximum absolute atomic E-state index is 13.0. The Hall–Kier alpha value is -1.81. The minimum absolute atomic E-state index is 0.191. The average molecular weight is 330 g/mol. The van der Waals surface area contributed by atoms with Crippen molar-refractivity contribution in [2.45, 2.75) is 31.7 Å². The summed E-state index contributed by atoms with van der Waals surface area (Å²) in [6.07, 6.45) is 8.50. The number of hydrogen-bond donors (Lipinski definition) is 0. The summed E-state index contributed by atoms with van der Waals surface area (Å²) in [5, 5.41) is 0.769. The van der Waals surface area contributed by atoms with E-state index < -0.39 is 0 Å². The molecule has 2 aliphatic rings.